The standard InChI is InChI=1S/C15H24N2O2/c1-14(2,3)19-12-8-6-7-11(9-12)10-17-13(18)15(4,5)16/h6-9H,10,16H2,1-5H3,(H,17,18). The summed E-state index contributed by atoms with van der Waals surface area (Å²) in [7, 11) is 0. The third kappa shape index (κ3) is 5.75. The molecule has 1 aromatic rings. The Hall–Kier alpha value is -1.55. The highest BCUT2D eigenvalue weighted by atomic mass is 16.5. The summed E-state index contributed by atoms with van der Waals surface area (Å²) in [5.74, 6) is 0.626. The Morgan fingerprint density at radius 2 is 1.89 bits per heavy atom. The van der Waals surface area contributed by atoms with Gasteiger partial charge in [0.2, 0.25) is 5.91 Å². The summed E-state index contributed by atoms with van der Waals surface area (Å²) in [6.45, 7) is 9.80. The minimum atomic E-state index is -0.862. The van der Waals surface area contributed by atoms with Crippen LogP contribution in [0.15, 0.2) is 24.3 Å². The van der Waals surface area contributed by atoms with Crippen molar-refractivity contribution in [1.29, 1.82) is 0 Å². The lowest BCUT2D eigenvalue weighted by atomic mass is 10.1. The average Bonchev–Trinajstić information content (AvgIpc) is 2.22. The molecule has 0 fully saturated rings. The van der Waals surface area contributed by atoms with Gasteiger partial charge in [-0.15, -0.1) is 0 Å². The van der Waals surface area contributed by atoms with Crippen LogP contribution in [0.1, 0.15) is 40.2 Å². The third-order valence-corrected chi connectivity index (χ3v) is 2.36. The van der Waals surface area contributed by atoms with Crippen LogP contribution in [-0.4, -0.2) is 17.0 Å². The number of rotatable bonds is 4. The lowest BCUT2D eigenvalue weighted by Gasteiger charge is -2.22. The number of ether oxygens (including phenoxy) is 1. The van der Waals surface area contributed by atoms with Crippen LogP contribution in [0.3, 0.4) is 0 Å². The SMILES string of the molecule is CC(C)(C)Oc1cccc(CNC(=O)C(C)(C)N)c1. The molecule has 106 valence electrons. The van der Waals surface area contributed by atoms with Gasteiger partial charge in [-0.05, 0) is 52.3 Å². The Labute approximate surface area is 115 Å². The van der Waals surface area contributed by atoms with Crippen LogP contribution in [0.25, 0.3) is 0 Å². The molecule has 1 rings (SSSR count). The van der Waals surface area contributed by atoms with E-state index in [9.17, 15) is 4.79 Å². The molecule has 0 radical (unpaired) electrons. The molecule has 1 amide bonds. The molecule has 0 aliphatic rings. The molecule has 0 bridgehead atoms. The summed E-state index contributed by atoms with van der Waals surface area (Å²) in [4.78, 5) is 11.7. The van der Waals surface area contributed by atoms with Crippen LogP contribution in [0.5, 0.6) is 5.75 Å². The number of hydrogen-bond acceptors (Lipinski definition) is 3. The van der Waals surface area contributed by atoms with Crippen LogP contribution in [0.4, 0.5) is 0 Å². The molecular formula is C15H24N2O2. The van der Waals surface area contributed by atoms with Gasteiger partial charge >= 0.3 is 0 Å². The van der Waals surface area contributed by atoms with Gasteiger partial charge in [-0.2, -0.15) is 0 Å². The topological polar surface area (TPSA) is 64.3 Å². The zero-order valence-corrected chi connectivity index (χ0v) is 12.4. The first-order valence-corrected chi connectivity index (χ1v) is 6.43. The Morgan fingerprint density at radius 3 is 2.42 bits per heavy atom. The van der Waals surface area contributed by atoms with E-state index in [0.717, 1.165) is 11.3 Å². The molecule has 4 heteroatoms. The van der Waals surface area contributed by atoms with Crippen molar-refractivity contribution in [1.82, 2.24) is 5.32 Å². The number of amides is 1. The number of carbonyl (C=O) groups is 1. The first-order valence-electron chi connectivity index (χ1n) is 6.43. The highest BCUT2D eigenvalue weighted by molar-refractivity contribution is 5.84. The molecule has 1 aromatic carbocycles. The number of nitrogens with two attached hydrogens (primary N) is 1. The van der Waals surface area contributed by atoms with Crippen molar-refractivity contribution >= 4 is 5.91 Å². The summed E-state index contributed by atoms with van der Waals surface area (Å²) in [5.41, 5.74) is 5.61. The van der Waals surface area contributed by atoms with Crippen molar-refractivity contribution in [2.45, 2.75) is 52.3 Å². The monoisotopic (exact) mass is 264 g/mol. The molecule has 0 unspecified atom stereocenters. The van der Waals surface area contributed by atoms with Gasteiger partial charge in [0.25, 0.3) is 0 Å². The molecule has 0 saturated heterocycles. The van der Waals surface area contributed by atoms with Crippen LogP contribution in [0.2, 0.25) is 0 Å². The van der Waals surface area contributed by atoms with Crippen molar-refractivity contribution in [3.63, 3.8) is 0 Å². The van der Waals surface area contributed by atoms with Crippen LogP contribution < -0.4 is 15.8 Å². The predicted octanol–water partition coefficient (Wildman–Crippen LogP) is 2.22. The van der Waals surface area contributed by atoms with E-state index < -0.39 is 5.54 Å². The first kappa shape index (κ1) is 15.5. The summed E-state index contributed by atoms with van der Waals surface area (Å²) >= 11 is 0. The summed E-state index contributed by atoms with van der Waals surface area (Å²) in [6, 6.07) is 7.69. The van der Waals surface area contributed by atoms with Gasteiger partial charge in [0.05, 0.1) is 5.54 Å². The number of carbonyl (C=O) groups excluding carboxylic acids is 1. The van der Waals surface area contributed by atoms with E-state index in [1.165, 1.54) is 0 Å². The zero-order chi connectivity index (χ0) is 14.7. The highest BCUT2D eigenvalue weighted by Gasteiger charge is 2.21. The maximum atomic E-state index is 11.7. The highest BCUT2D eigenvalue weighted by Crippen LogP contribution is 2.19. The van der Waals surface area contributed by atoms with E-state index >= 15 is 0 Å². The molecule has 0 aliphatic heterocycles. The maximum Gasteiger partial charge on any atom is 0.239 e. The molecule has 0 heterocycles. The van der Waals surface area contributed by atoms with Crippen molar-refractivity contribution < 1.29 is 9.53 Å². The second kappa shape index (κ2) is 5.61. The lowest BCUT2D eigenvalue weighted by molar-refractivity contribution is -0.125. The van der Waals surface area contributed by atoms with Gasteiger partial charge in [-0.25, -0.2) is 0 Å². The Bertz CT molecular complexity index is 442. The molecule has 0 atom stereocenters. The van der Waals surface area contributed by atoms with Crippen LogP contribution in [-0.2, 0) is 11.3 Å². The molecule has 19 heavy (non-hydrogen) atoms. The normalized spacial score (nSPS) is 12.1. The molecule has 0 aliphatic carbocycles. The summed E-state index contributed by atoms with van der Waals surface area (Å²) in [6.07, 6.45) is 0. The molecule has 0 spiro atoms. The fourth-order valence-corrected chi connectivity index (χ4v) is 1.48. The summed E-state index contributed by atoms with van der Waals surface area (Å²) < 4.78 is 5.78. The van der Waals surface area contributed by atoms with Gasteiger partial charge < -0.3 is 15.8 Å². The van der Waals surface area contributed by atoms with E-state index in [2.05, 4.69) is 5.32 Å². The predicted molar refractivity (Wildman–Crippen MR) is 76.9 cm³/mol. The van der Waals surface area contributed by atoms with Crippen molar-refractivity contribution in [2.24, 2.45) is 5.73 Å². The number of hydrogen-bond donors (Lipinski definition) is 2. The second-order valence-electron chi connectivity index (χ2n) is 6.27. The number of benzene rings is 1. The molecule has 0 aromatic heterocycles. The van der Waals surface area contributed by atoms with Crippen molar-refractivity contribution in [2.75, 3.05) is 0 Å². The largest absolute Gasteiger partial charge is 0.488 e. The Balaban J connectivity index is 2.66. The number of nitrogens with one attached hydrogen (secondary N) is 1. The van der Waals surface area contributed by atoms with E-state index in [-0.39, 0.29) is 11.5 Å². The van der Waals surface area contributed by atoms with Crippen LogP contribution in [0, 0.1) is 0 Å². The van der Waals surface area contributed by atoms with E-state index in [1.807, 2.05) is 45.0 Å². The molecule has 4 nitrogen and oxygen atoms in total. The maximum absolute atomic E-state index is 11.7. The summed E-state index contributed by atoms with van der Waals surface area (Å²) in [5, 5.41) is 2.81. The first-order chi connectivity index (χ1) is 8.58. The van der Waals surface area contributed by atoms with Gasteiger partial charge in [0.1, 0.15) is 11.4 Å². The quantitative estimate of drug-likeness (QED) is 0.876. The Morgan fingerprint density at radius 1 is 1.26 bits per heavy atom. The van der Waals surface area contributed by atoms with Gasteiger partial charge in [-0.3, -0.25) is 4.79 Å². The van der Waals surface area contributed by atoms with E-state index in [4.69, 9.17) is 10.5 Å². The minimum Gasteiger partial charge on any atom is -0.488 e. The molecule has 0 saturated carbocycles. The third-order valence-electron chi connectivity index (χ3n) is 2.36. The lowest BCUT2D eigenvalue weighted by Crippen LogP contribution is -2.48. The second-order valence-corrected chi connectivity index (χ2v) is 6.27. The van der Waals surface area contributed by atoms with Gasteiger partial charge in [0, 0.05) is 6.54 Å². The van der Waals surface area contributed by atoms with E-state index in [0.29, 0.717) is 6.54 Å². The minimum absolute atomic E-state index is 0.172. The fraction of sp³-hybridized carbons (Fsp3) is 0.533. The Kier molecular flexibility index (Phi) is 4.58. The van der Waals surface area contributed by atoms with Gasteiger partial charge in [0.15, 0.2) is 0 Å². The van der Waals surface area contributed by atoms with Gasteiger partial charge in [-0.1, -0.05) is 12.1 Å². The van der Waals surface area contributed by atoms with Crippen LogP contribution >= 0.6 is 0 Å². The average molecular weight is 264 g/mol. The molecule has 3 N–H and O–H groups in total. The van der Waals surface area contributed by atoms with Crippen molar-refractivity contribution in [3.05, 3.63) is 29.8 Å². The van der Waals surface area contributed by atoms with Crippen molar-refractivity contribution in [3.8, 4) is 5.75 Å². The molecular weight excluding hydrogens is 240 g/mol. The smallest absolute Gasteiger partial charge is 0.239 e. The van der Waals surface area contributed by atoms with E-state index in [1.54, 1.807) is 13.8 Å². The zero-order valence-electron chi connectivity index (χ0n) is 12.4. The fourth-order valence-electron chi connectivity index (χ4n) is 1.48.